The summed E-state index contributed by atoms with van der Waals surface area (Å²) in [5.74, 6) is 0.675. The number of carbonyl (C=O) groups excluding carboxylic acids is 1. The number of hydrogen-bond acceptors (Lipinski definition) is 3. The lowest BCUT2D eigenvalue weighted by Gasteiger charge is -2.04. The fourth-order valence-corrected chi connectivity index (χ4v) is 0.911. The lowest BCUT2D eigenvalue weighted by molar-refractivity contribution is 0.112. The number of hydrogen-bond donors (Lipinski definition) is 1. The molecule has 0 amide bonds. The van der Waals surface area contributed by atoms with Crippen LogP contribution in [0.1, 0.15) is 17.3 Å². The Hall–Kier alpha value is -1.51. The van der Waals surface area contributed by atoms with Crippen LogP contribution in [0.2, 0.25) is 0 Å². The van der Waals surface area contributed by atoms with Crippen molar-refractivity contribution in [1.82, 2.24) is 0 Å². The molecule has 0 heterocycles. The Morgan fingerprint density at radius 1 is 1.58 bits per heavy atom. The van der Waals surface area contributed by atoms with Crippen LogP contribution in [0.4, 0.5) is 5.69 Å². The molecule has 1 aromatic carbocycles. The Morgan fingerprint density at radius 3 is 2.92 bits per heavy atom. The van der Waals surface area contributed by atoms with Crippen molar-refractivity contribution < 1.29 is 9.53 Å². The van der Waals surface area contributed by atoms with Crippen LogP contribution >= 0.6 is 0 Å². The topological polar surface area (TPSA) is 52.3 Å². The van der Waals surface area contributed by atoms with Crippen molar-refractivity contribution in [3.63, 3.8) is 0 Å². The summed E-state index contributed by atoms with van der Waals surface area (Å²) in [6.45, 7) is 2.47. The Kier molecular flexibility index (Phi) is 2.69. The lowest BCUT2D eigenvalue weighted by atomic mass is 10.2. The molecule has 0 radical (unpaired) electrons. The molecule has 1 rings (SSSR count). The molecule has 0 saturated carbocycles. The van der Waals surface area contributed by atoms with Crippen LogP contribution < -0.4 is 10.5 Å². The molecule has 12 heavy (non-hydrogen) atoms. The molecule has 3 heteroatoms. The third kappa shape index (κ3) is 1.75. The standard InChI is InChI=1S/C9H11NO2/c1-2-12-8-3-4-9(10)7(5-8)6-11/h3-6H,2,10H2,1H3. The average Bonchev–Trinajstić information content (AvgIpc) is 2.09. The minimum Gasteiger partial charge on any atom is -0.494 e. The predicted molar refractivity (Wildman–Crippen MR) is 47.4 cm³/mol. The van der Waals surface area contributed by atoms with E-state index in [0.717, 1.165) is 6.29 Å². The lowest BCUT2D eigenvalue weighted by Crippen LogP contribution is -1.96. The van der Waals surface area contributed by atoms with E-state index < -0.39 is 0 Å². The third-order valence-electron chi connectivity index (χ3n) is 1.50. The van der Waals surface area contributed by atoms with Crippen LogP contribution in [0.5, 0.6) is 5.75 Å². The first-order valence-electron chi connectivity index (χ1n) is 3.75. The third-order valence-corrected chi connectivity index (χ3v) is 1.50. The SMILES string of the molecule is CCOc1ccc(N)c(C=O)c1. The molecule has 0 aliphatic heterocycles. The average molecular weight is 165 g/mol. The van der Waals surface area contributed by atoms with E-state index in [1.165, 1.54) is 0 Å². The number of aldehydes is 1. The van der Waals surface area contributed by atoms with Gasteiger partial charge >= 0.3 is 0 Å². The van der Waals surface area contributed by atoms with Crippen LogP contribution in [0.25, 0.3) is 0 Å². The quantitative estimate of drug-likeness (QED) is 0.545. The fraction of sp³-hybridized carbons (Fsp3) is 0.222. The Morgan fingerprint density at radius 2 is 2.33 bits per heavy atom. The van der Waals surface area contributed by atoms with Crippen LogP contribution in [-0.4, -0.2) is 12.9 Å². The van der Waals surface area contributed by atoms with Gasteiger partial charge in [-0.1, -0.05) is 0 Å². The monoisotopic (exact) mass is 165 g/mol. The summed E-state index contributed by atoms with van der Waals surface area (Å²) in [7, 11) is 0. The predicted octanol–water partition coefficient (Wildman–Crippen LogP) is 1.48. The Bertz CT molecular complexity index is 284. The van der Waals surface area contributed by atoms with Gasteiger partial charge in [0.05, 0.1) is 6.61 Å². The molecule has 0 aliphatic carbocycles. The normalized spacial score (nSPS) is 9.42. The molecule has 0 aliphatic rings. The first kappa shape index (κ1) is 8.59. The summed E-state index contributed by atoms with van der Waals surface area (Å²) >= 11 is 0. The summed E-state index contributed by atoms with van der Waals surface area (Å²) < 4.78 is 5.19. The first-order chi connectivity index (χ1) is 5.77. The molecule has 0 spiro atoms. The summed E-state index contributed by atoms with van der Waals surface area (Å²) in [5, 5.41) is 0. The largest absolute Gasteiger partial charge is 0.494 e. The first-order valence-corrected chi connectivity index (χ1v) is 3.75. The van der Waals surface area contributed by atoms with Gasteiger partial charge in [-0.3, -0.25) is 4.79 Å². The van der Waals surface area contributed by atoms with E-state index in [0.29, 0.717) is 23.6 Å². The molecule has 0 saturated heterocycles. The van der Waals surface area contributed by atoms with E-state index >= 15 is 0 Å². The van der Waals surface area contributed by atoms with E-state index in [-0.39, 0.29) is 0 Å². The van der Waals surface area contributed by atoms with Gasteiger partial charge in [-0.15, -0.1) is 0 Å². The smallest absolute Gasteiger partial charge is 0.152 e. The maximum atomic E-state index is 10.4. The van der Waals surface area contributed by atoms with Gasteiger partial charge < -0.3 is 10.5 Å². The molecule has 0 atom stereocenters. The molecular formula is C9H11NO2. The van der Waals surface area contributed by atoms with Crippen LogP contribution in [-0.2, 0) is 0 Å². The highest BCUT2D eigenvalue weighted by atomic mass is 16.5. The van der Waals surface area contributed by atoms with Gasteiger partial charge in [0.15, 0.2) is 6.29 Å². The van der Waals surface area contributed by atoms with Gasteiger partial charge in [0.25, 0.3) is 0 Å². The van der Waals surface area contributed by atoms with Crippen molar-refractivity contribution in [1.29, 1.82) is 0 Å². The van der Waals surface area contributed by atoms with Crippen molar-refractivity contribution >= 4 is 12.0 Å². The summed E-state index contributed by atoms with van der Waals surface area (Å²) in [6.07, 6.45) is 0.720. The van der Waals surface area contributed by atoms with E-state index in [4.69, 9.17) is 10.5 Å². The van der Waals surface area contributed by atoms with Crippen molar-refractivity contribution in [3.05, 3.63) is 23.8 Å². The maximum absolute atomic E-state index is 10.4. The Balaban J connectivity index is 2.96. The second-order valence-corrected chi connectivity index (χ2v) is 2.34. The molecule has 0 bridgehead atoms. The summed E-state index contributed by atoms with van der Waals surface area (Å²) in [5.41, 5.74) is 6.46. The summed E-state index contributed by atoms with van der Waals surface area (Å²) in [4.78, 5) is 10.4. The van der Waals surface area contributed by atoms with E-state index in [1.807, 2.05) is 6.92 Å². The molecule has 64 valence electrons. The van der Waals surface area contributed by atoms with Gasteiger partial charge in [0.1, 0.15) is 5.75 Å². The molecule has 0 fully saturated rings. The minimum absolute atomic E-state index is 0.473. The molecule has 0 aromatic heterocycles. The number of carbonyl (C=O) groups is 1. The second kappa shape index (κ2) is 3.76. The van der Waals surface area contributed by atoms with E-state index in [1.54, 1.807) is 18.2 Å². The highest BCUT2D eigenvalue weighted by Gasteiger charge is 1.99. The van der Waals surface area contributed by atoms with E-state index in [9.17, 15) is 4.79 Å². The zero-order chi connectivity index (χ0) is 8.97. The van der Waals surface area contributed by atoms with Crippen molar-refractivity contribution in [2.75, 3.05) is 12.3 Å². The molecular weight excluding hydrogens is 154 g/mol. The van der Waals surface area contributed by atoms with Crippen LogP contribution in [0, 0.1) is 0 Å². The van der Waals surface area contributed by atoms with Crippen molar-refractivity contribution in [2.24, 2.45) is 0 Å². The van der Waals surface area contributed by atoms with Gasteiger partial charge in [-0.2, -0.15) is 0 Å². The minimum atomic E-state index is 0.473. The van der Waals surface area contributed by atoms with Gasteiger partial charge in [-0.25, -0.2) is 0 Å². The molecule has 2 N–H and O–H groups in total. The van der Waals surface area contributed by atoms with E-state index in [2.05, 4.69) is 0 Å². The van der Waals surface area contributed by atoms with Crippen LogP contribution in [0.3, 0.4) is 0 Å². The van der Waals surface area contributed by atoms with Gasteiger partial charge in [-0.05, 0) is 25.1 Å². The second-order valence-electron chi connectivity index (χ2n) is 2.34. The fourth-order valence-electron chi connectivity index (χ4n) is 0.911. The van der Waals surface area contributed by atoms with Gasteiger partial charge in [0, 0.05) is 11.3 Å². The number of benzene rings is 1. The molecule has 1 aromatic rings. The number of ether oxygens (including phenoxy) is 1. The number of nitrogens with two attached hydrogens (primary N) is 1. The zero-order valence-corrected chi connectivity index (χ0v) is 6.91. The number of nitrogen functional groups attached to an aromatic ring is 1. The van der Waals surface area contributed by atoms with Crippen molar-refractivity contribution in [3.8, 4) is 5.75 Å². The zero-order valence-electron chi connectivity index (χ0n) is 6.91. The summed E-state index contributed by atoms with van der Waals surface area (Å²) in [6, 6.07) is 5.03. The molecule has 0 unspecified atom stereocenters. The molecule has 3 nitrogen and oxygen atoms in total. The number of rotatable bonds is 3. The van der Waals surface area contributed by atoms with Crippen LogP contribution in [0.15, 0.2) is 18.2 Å². The van der Waals surface area contributed by atoms with Gasteiger partial charge in [0.2, 0.25) is 0 Å². The Labute approximate surface area is 71.1 Å². The maximum Gasteiger partial charge on any atom is 0.152 e. The van der Waals surface area contributed by atoms with Crippen molar-refractivity contribution in [2.45, 2.75) is 6.92 Å². The number of anilines is 1. The highest BCUT2D eigenvalue weighted by molar-refractivity contribution is 5.83. The highest BCUT2D eigenvalue weighted by Crippen LogP contribution is 2.17.